The SMILES string of the molecule is C#CCSCCNC(=O)C[C@@H](CN)CC(C)C. The first-order valence-corrected chi connectivity index (χ1v) is 7.23. The molecule has 0 bridgehead atoms. The van der Waals surface area contributed by atoms with Crippen molar-refractivity contribution < 1.29 is 4.79 Å². The number of nitrogens with two attached hydrogens (primary N) is 1. The zero-order valence-electron chi connectivity index (χ0n) is 10.9. The molecule has 0 rings (SSSR count). The van der Waals surface area contributed by atoms with Crippen molar-refractivity contribution in [2.45, 2.75) is 26.7 Å². The average Bonchev–Trinajstić information content (AvgIpc) is 2.27. The maximum atomic E-state index is 11.6. The van der Waals surface area contributed by atoms with Crippen molar-refractivity contribution in [1.29, 1.82) is 0 Å². The molecule has 0 spiro atoms. The van der Waals surface area contributed by atoms with Crippen LogP contribution in [-0.2, 0) is 4.79 Å². The number of carbonyl (C=O) groups is 1. The summed E-state index contributed by atoms with van der Waals surface area (Å²) >= 11 is 1.65. The molecule has 3 nitrogen and oxygen atoms in total. The molecule has 0 fully saturated rings. The standard InChI is InChI=1S/C13H24N2OS/c1-4-6-17-7-5-15-13(16)9-12(10-14)8-11(2)3/h1,11-12H,5-10,14H2,2-3H3,(H,15,16)/t12-/m0/s1. The number of terminal acetylenes is 1. The highest BCUT2D eigenvalue weighted by Gasteiger charge is 2.13. The van der Waals surface area contributed by atoms with Crippen molar-refractivity contribution in [3.63, 3.8) is 0 Å². The Hall–Kier alpha value is -0.660. The van der Waals surface area contributed by atoms with Crippen LogP contribution >= 0.6 is 11.8 Å². The van der Waals surface area contributed by atoms with Crippen LogP contribution in [0.4, 0.5) is 0 Å². The second kappa shape index (κ2) is 10.5. The van der Waals surface area contributed by atoms with E-state index in [0.29, 0.717) is 37.1 Å². The van der Waals surface area contributed by atoms with E-state index < -0.39 is 0 Å². The third-order valence-electron chi connectivity index (χ3n) is 2.37. The molecular formula is C13H24N2OS. The highest BCUT2D eigenvalue weighted by molar-refractivity contribution is 7.99. The lowest BCUT2D eigenvalue weighted by molar-refractivity contribution is -0.121. The van der Waals surface area contributed by atoms with E-state index in [1.807, 2.05) is 0 Å². The molecular weight excluding hydrogens is 232 g/mol. The molecule has 0 aliphatic heterocycles. The molecule has 0 saturated heterocycles. The number of hydrogen-bond acceptors (Lipinski definition) is 3. The molecule has 0 aliphatic carbocycles. The van der Waals surface area contributed by atoms with E-state index in [-0.39, 0.29) is 5.91 Å². The second-order valence-electron chi connectivity index (χ2n) is 4.54. The van der Waals surface area contributed by atoms with Crippen LogP contribution < -0.4 is 11.1 Å². The van der Waals surface area contributed by atoms with Crippen LogP contribution in [0.3, 0.4) is 0 Å². The molecule has 3 N–H and O–H groups in total. The van der Waals surface area contributed by atoms with Gasteiger partial charge in [0, 0.05) is 18.7 Å². The van der Waals surface area contributed by atoms with Gasteiger partial charge < -0.3 is 11.1 Å². The lowest BCUT2D eigenvalue weighted by Gasteiger charge is -2.16. The number of carbonyl (C=O) groups excluding carboxylic acids is 1. The van der Waals surface area contributed by atoms with E-state index in [9.17, 15) is 4.79 Å². The van der Waals surface area contributed by atoms with Crippen LogP contribution in [0.1, 0.15) is 26.7 Å². The maximum absolute atomic E-state index is 11.6. The van der Waals surface area contributed by atoms with Crippen molar-refractivity contribution in [3.05, 3.63) is 0 Å². The normalized spacial score (nSPS) is 12.2. The summed E-state index contributed by atoms with van der Waals surface area (Å²) < 4.78 is 0. The third kappa shape index (κ3) is 10.2. The molecule has 0 radical (unpaired) electrons. The first kappa shape index (κ1) is 16.3. The monoisotopic (exact) mass is 256 g/mol. The van der Waals surface area contributed by atoms with Gasteiger partial charge in [0.2, 0.25) is 5.91 Å². The molecule has 0 saturated carbocycles. The summed E-state index contributed by atoms with van der Waals surface area (Å²) in [6.07, 6.45) is 6.67. The fourth-order valence-corrected chi connectivity index (χ4v) is 2.17. The highest BCUT2D eigenvalue weighted by Crippen LogP contribution is 2.13. The van der Waals surface area contributed by atoms with Gasteiger partial charge in [-0.3, -0.25) is 4.79 Å². The zero-order chi connectivity index (χ0) is 13.1. The fraction of sp³-hybridized carbons (Fsp3) is 0.769. The Morgan fingerprint density at radius 2 is 2.24 bits per heavy atom. The Kier molecular flexibility index (Phi) is 10.1. The Morgan fingerprint density at radius 1 is 1.53 bits per heavy atom. The van der Waals surface area contributed by atoms with Gasteiger partial charge in [0.1, 0.15) is 0 Å². The van der Waals surface area contributed by atoms with Crippen LogP contribution in [0.2, 0.25) is 0 Å². The van der Waals surface area contributed by atoms with Gasteiger partial charge in [-0.15, -0.1) is 18.2 Å². The number of nitrogens with one attached hydrogen (secondary N) is 1. The van der Waals surface area contributed by atoms with Crippen LogP contribution in [0.15, 0.2) is 0 Å². The first-order chi connectivity index (χ1) is 8.10. The summed E-state index contributed by atoms with van der Waals surface area (Å²) in [6, 6.07) is 0. The fourth-order valence-electron chi connectivity index (χ4n) is 1.66. The summed E-state index contributed by atoms with van der Waals surface area (Å²) in [5.74, 6) is 5.11. The molecule has 0 aromatic carbocycles. The topological polar surface area (TPSA) is 55.1 Å². The van der Waals surface area contributed by atoms with E-state index in [1.54, 1.807) is 11.8 Å². The summed E-state index contributed by atoms with van der Waals surface area (Å²) in [5.41, 5.74) is 5.66. The summed E-state index contributed by atoms with van der Waals surface area (Å²) in [5, 5.41) is 2.90. The number of amides is 1. The van der Waals surface area contributed by atoms with Crippen molar-refractivity contribution >= 4 is 17.7 Å². The van der Waals surface area contributed by atoms with Gasteiger partial charge in [-0.25, -0.2) is 0 Å². The minimum absolute atomic E-state index is 0.0995. The van der Waals surface area contributed by atoms with Gasteiger partial charge in [0.15, 0.2) is 0 Å². The molecule has 0 aromatic rings. The third-order valence-corrected chi connectivity index (χ3v) is 3.23. The smallest absolute Gasteiger partial charge is 0.220 e. The van der Waals surface area contributed by atoms with Gasteiger partial charge in [0.05, 0.1) is 5.75 Å². The Bertz CT molecular complexity index is 248. The van der Waals surface area contributed by atoms with E-state index in [2.05, 4.69) is 25.1 Å². The minimum atomic E-state index is 0.0995. The lowest BCUT2D eigenvalue weighted by Crippen LogP contribution is -2.30. The van der Waals surface area contributed by atoms with E-state index >= 15 is 0 Å². The predicted octanol–water partition coefficient (Wildman–Crippen LogP) is 1.48. The minimum Gasteiger partial charge on any atom is -0.355 e. The molecule has 1 atom stereocenters. The van der Waals surface area contributed by atoms with E-state index in [1.165, 1.54) is 0 Å². The maximum Gasteiger partial charge on any atom is 0.220 e. The lowest BCUT2D eigenvalue weighted by atomic mass is 9.94. The molecule has 0 aliphatic rings. The molecule has 4 heteroatoms. The van der Waals surface area contributed by atoms with Gasteiger partial charge in [-0.2, -0.15) is 0 Å². The van der Waals surface area contributed by atoms with E-state index in [0.717, 1.165) is 12.2 Å². The van der Waals surface area contributed by atoms with Crippen LogP contribution in [0, 0.1) is 24.2 Å². The summed E-state index contributed by atoms with van der Waals surface area (Å²) in [4.78, 5) is 11.6. The van der Waals surface area contributed by atoms with Crippen LogP contribution in [0.5, 0.6) is 0 Å². The van der Waals surface area contributed by atoms with Crippen LogP contribution in [-0.4, -0.2) is 30.5 Å². The van der Waals surface area contributed by atoms with Gasteiger partial charge >= 0.3 is 0 Å². The largest absolute Gasteiger partial charge is 0.355 e. The number of thioether (sulfide) groups is 1. The molecule has 98 valence electrons. The quantitative estimate of drug-likeness (QED) is 0.485. The second-order valence-corrected chi connectivity index (χ2v) is 5.65. The summed E-state index contributed by atoms with van der Waals surface area (Å²) in [7, 11) is 0. The molecule has 0 heterocycles. The van der Waals surface area contributed by atoms with Crippen molar-refractivity contribution in [1.82, 2.24) is 5.32 Å². The Balaban J connectivity index is 3.65. The first-order valence-electron chi connectivity index (χ1n) is 6.08. The predicted molar refractivity (Wildman–Crippen MR) is 75.8 cm³/mol. The van der Waals surface area contributed by atoms with Gasteiger partial charge in [-0.05, 0) is 24.8 Å². The molecule has 0 aromatic heterocycles. The van der Waals surface area contributed by atoms with Crippen LogP contribution in [0.25, 0.3) is 0 Å². The highest BCUT2D eigenvalue weighted by atomic mass is 32.2. The van der Waals surface area contributed by atoms with E-state index in [4.69, 9.17) is 12.2 Å². The van der Waals surface area contributed by atoms with Gasteiger partial charge in [0.25, 0.3) is 0 Å². The molecule has 17 heavy (non-hydrogen) atoms. The van der Waals surface area contributed by atoms with Crippen molar-refractivity contribution in [2.24, 2.45) is 17.6 Å². The Morgan fingerprint density at radius 3 is 2.76 bits per heavy atom. The Labute approximate surface area is 109 Å². The molecule has 0 unspecified atom stereocenters. The number of rotatable bonds is 9. The van der Waals surface area contributed by atoms with Crippen molar-refractivity contribution in [3.8, 4) is 12.3 Å². The van der Waals surface area contributed by atoms with Crippen molar-refractivity contribution in [2.75, 3.05) is 24.6 Å². The zero-order valence-corrected chi connectivity index (χ0v) is 11.7. The van der Waals surface area contributed by atoms with Gasteiger partial charge in [-0.1, -0.05) is 19.8 Å². The average molecular weight is 256 g/mol. The number of hydrogen-bond donors (Lipinski definition) is 2. The summed E-state index contributed by atoms with van der Waals surface area (Å²) in [6.45, 7) is 5.57. The molecule has 1 amide bonds.